The van der Waals surface area contributed by atoms with Crippen LogP contribution in [0.15, 0.2) is 22.7 Å². The zero-order chi connectivity index (χ0) is 9.97. The van der Waals surface area contributed by atoms with Gasteiger partial charge in [-0.1, -0.05) is 18.9 Å². The number of nitrogens with two attached hydrogens (primary N) is 1. The molecule has 1 fully saturated rings. The van der Waals surface area contributed by atoms with Gasteiger partial charge in [0.05, 0.1) is 11.4 Å². The average molecular weight is 255 g/mol. The third kappa shape index (κ3) is 2.03. The van der Waals surface area contributed by atoms with Crippen molar-refractivity contribution in [3.8, 4) is 0 Å². The monoisotopic (exact) mass is 254 g/mol. The third-order valence-electron chi connectivity index (χ3n) is 2.77. The number of rotatable bonds is 2. The topological polar surface area (TPSA) is 38.0 Å². The van der Waals surface area contributed by atoms with Gasteiger partial charge >= 0.3 is 0 Å². The summed E-state index contributed by atoms with van der Waals surface area (Å²) in [4.78, 5) is 0. The maximum Gasteiger partial charge on any atom is 0.0694 e. The maximum atomic E-state index is 5.95. The standard InChI is InChI=1S/C11H15BrN2/c12-9-6-3-7-10(11(9)13)14-8-4-1-2-5-8/h3,6-8,14H,1-2,4-5,13H2. The fourth-order valence-corrected chi connectivity index (χ4v) is 2.32. The van der Waals surface area contributed by atoms with Crippen molar-refractivity contribution < 1.29 is 0 Å². The molecule has 0 aliphatic heterocycles. The van der Waals surface area contributed by atoms with E-state index in [-0.39, 0.29) is 0 Å². The molecule has 0 aromatic heterocycles. The highest BCUT2D eigenvalue weighted by molar-refractivity contribution is 9.10. The predicted octanol–water partition coefficient (Wildman–Crippen LogP) is 3.39. The van der Waals surface area contributed by atoms with Crippen LogP contribution in [0.2, 0.25) is 0 Å². The molecule has 1 saturated carbocycles. The Balaban J connectivity index is 2.11. The number of hydrogen-bond acceptors (Lipinski definition) is 2. The van der Waals surface area contributed by atoms with E-state index in [1.807, 2.05) is 18.2 Å². The summed E-state index contributed by atoms with van der Waals surface area (Å²) >= 11 is 3.43. The van der Waals surface area contributed by atoms with Crippen LogP contribution in [-0.2, 0) is 0 Å². The Morgan fingerprint density at radius 2 is 2.00 bits per heavy atom. The van der Waals surface area contributed by atoms with Gasteiger partial charge in [0, 0.05) is 10.5 Å². The molecule has 1 aromatic rings. The molecule has 1 aromatic carbocycles. The quantitative estimate of drug-likeness (QED) is 0.795. The van der Waals surface area contributed by atoms with Crippen molar-refractivity contribution in [1.29, 1.82) is 0 Å². The lowest BCUT2D eigenvalue weighted by molar-refractivity contribution is 0.756. The van der Waals surface area contributed by atoms with Crippen molar-refractivity contribution >= 4 is 27.3 Å². The van der Waals surface area contributed by atoms with Gasteiger partial charge in [0.2, 0.25) is 0 Å². The number of para-hydroxylation sites is 1. The Kier molecular flexibility index (Phi) is 2.96. The third-order valence-corrected chi connectivity index (χ3v) is 3.46. The van der Waals surface area contributed by atoms with Crippen LogP contribution in [0.5, 0.6) is 0 Å². The number of halogens is 1. The molecular weight excluding hydrogens is 240 g/mol. The lowest BCUT2D eigenvalue weighted by atomic mass is 10.2. The molecule has 0 amide bonds. The van der Waals surface area contributed by atoms with Gasteiger partial charge in [0.1, 0.15) is 0 Å². The molecule has 2 rings (SSSR count). The SMILES string of the molecule is Nc1c(Br)cccc1NC1CCCC1. The van der Waals surface area contributed by atoms with E-state index in [0.29, 0.717) is 6.04 Å². The molecule has 0 saturated heterocycles. The largest absolute Gasteiger partial charge is 0.396 e. The lowest BCUT2D eigenvalue weighted by Gasteiger charge is -2.15. The Bertz CT molecular complexity index is 319. The highest BCUT2D eigenvalue weighted by atomic mass is 79.9. The van der Waals surface area contributed by atoms with E-state index in [2.05, 4.69) is 21.2 Å². The molecule has 1 aliphatic carbocycles. The van der Waals surface area contributed by atoms with Crippen LogP contribution in [0.4, 0.5) is 11.4 Å². The summed E-state index contributed by atoms with van der Waals surface area (Å²) in [5.41, 5.74) is 7.83. The van der Waals surface area contributed by atoms with Crippen molar-refractivity contribution in [3.05, 3.63) is 22.7 Å². The summed E-state index contributed by atoms with van der Waals surface area (Å²) < 4.78 is 0.973. The molecular formula is C11H15BrN2. The van der Waals surface area contributed by atoms with Gasteiger partial charge in [-0.25, -0.2) is 0 Å². The van der Waals surface area contributed by atoms with E-state index in [4.69, 9.17) is 5.73 Å². The normalized spacial score (nSPS) is 17.2. The van der Waals surface area contributed by atoms with Crippen LogP contribution < -0.4 is 11.1 Å². The molecule has 1 aliphatic rings. The van der Waals surface area contributed by atoms with Crippen molar-refractivity contribution in [2.45, 2.75) is 31.7 Å². The Morgan fingerprint density at radius 3 is 2.71 bits per heavy atom. The van der Waals surface area contributed by atoms with Crippen LogP contribution in [0, 0.1) is 0 Å². The minimum Gasteiger partial charge on any atom is -0.396 e. The van der Waals surface area contributed by atoms with Crippen molar-refractivity contribution in [2.75, 3.05) is 11.1 Å². The molecule has 3 heteroatoms. The van der Waals surface area contributed by atoms with E-state index in [0.717, 1.165) is 15.8 Å². The Hall–Kier alpha value is -0.700. The van der Waals surface area contributed by atoms with Gasteiger partial charge in [-0.15, -0.1) is 0 Å². The smallest absolute Gasteiger partial charge is 0.0694 e. The summed E-state index contributed by atoms with van der Waals surface area (Å²) in [5.74, 6) is 0. The molecule has 0 atom stereocenters. The van der Waals surface area contributed by atoms with E-state index in [9.17, 15) is 0 Å². The van der Waals surface area contributed by atoms with Crippen molar-refractivity contribution in [3.63, 3.8) is 0 Å². The molecule has 76 valence electrons. The van der Waals surface area contributed by atoms with Crippen LogP contribution >= 0.6 is 15.9 Å². The van der Waals surface area contributed by atoms with Crippen molar-refractivity contribution in [2.24, 2.45) is 0 Å². The second kappa shape index (κ2) is 4.22. The number of benzene rings is 1. The predicted molar refractivity (Wildman–Crippen MR) is 64.4 cm³/mol. The van der Waals surface area contributed by atoms with E-state index >= 15 is 0 Å². The summed E-state index contributed by atoms with van der Waals surface area (Å²) in [5, 5.41) is 3.49. The Morgan fingerprint density at radius 1 is 1.29 bits per heavy atom. The van der Waals surface area contributed by atoms with Crippen molar-refractivity contribution in [1.82, 2.24) is 0 Å². The number of nitrogen functional groups attached to an aromatic ring is 1. The average Bonchev–Trinajstić information content (AvgIpc) is 2.66. The van der Waals surface area contributed by atoms with Gasteiger partial charge in [-0.2, -0.15) is 0 Å². The fraction of sp³-hybridized carbons (Fsp3) is 0.455. The highest BCUT2D eigenvalue weighted by Crippen LogP contribution is 2.30. The molecule has 0 spiro atoms. The van der Waals surface area contributed by atoms with E-state index < -0.39 is 0 Å². The molecule has 0 unspecified atom stereocenters. The molecule has 14 heavy (non-hydrogen) atoms. The van der Waals surface area contributed by atoms with Gasteiger partial charge < -0.3 is 11.1 Å². The Labute approximate surface area is 93.0 Å². The van der Waals surface area contributed by atoms with E-state index in [1.54, 1.807) is 0 Å². The van der Waals surface area contributed by atoms with Gasteiger partial charge in [0.25, 0.3) is 0 Å². The van der Waals surface area contributed by atoms with Crippen LogP contribution in [0.25, 0.3) is 0 Å². The first-order chi connectivity index (χ1) is 6.77. The van der Waals surface area contributed by atoms with Crippen LogP contribution in [-0.4, -0.2) is 6.04 Å². The molecule has 0 heterocycles. The fourth-order valence-electron chi connectivity index (χ4n) is 1.95. The van der Waals surface area contributed by atoms with Crippen LogP contribution in [0.1, 0.15) is 25.7 Å². The molecule has 0 bridgehead atoms. The first kappa shape index (κ1) is 9.84. The highest BCUT2D eigenvalue weighted by Gasteiger charge is 2.15. The minimum absolute atomic E-state index is 0.617. The number of anilines is 2. The van der Waals surface area contributed by atoms with E-state index in [1.165, 1.54) is 25.7 Å². The van der Waals surface area contributed by atoms with Gasteiger partial charge in [-0.05, 0) is 40.9 Å². The maximum absolute atomic E-state index is 5.95. The second-order valence-electron chi connectivity index (χ2n) is 3.83. The summed E-state index contributed by atoms with van der Waals surface area (Å²) in [7, 11) is 0. The summed E-state index contributed by atoms with van der Waals surface area (Å²) in [6.07, 6.45) is 5.22. The number of nitrogens with one attached hydrogen (secondary N) is 1. The molecule has 3 N–H and O–H groups in total. The summed E-state index contributed by atoms with van der Waals surface area (Å²) in [6.45, 7) is 0. The van der Waals surface area contributed by atoms with Crippen LogP contribution in [0.3, 0.4) is 0 Å². The summed E-state index contributed by atoms with van der Waals surface area (Å²) in [6, 6.07) is 6.64. The molecule has 2 nitrogen and oxygen atoms in total. The number of hydrogen-bond donors (Lipinski definition) is 2. The first-order valence-corrected chi connectivity index (χ1v) is 5.87. The zero-order valence-corrected chi connectivity index (χ0v) is 9.68. The molecule has 0 radical (unpaired) electrons. The van der Waals surface area contributed by atoms with Gasteiger partial charge in [0.15, 0.2) is 0 Å². The van der Waals surface area contributed by atoms with Gasteiger partial charge in [-0.3, -0.25) is 0 Å². The second-order valence-corrected chi connectivity index (χ2v) is 4.68. The zero-order valence-electron chi connectivity index (χ0n) is 8.09. The lowest BCUT2D eigenvalue weighted by Crippen LogP contribution is -2.15. The minimum atomic E-state index is 0.617. The first-order valence-electron chi connectivity index (χ1n) is 5.08.